The molecule has 0 aliphatic carbocycles. The SMILES string of the molecule is [CH2]CCc1c(N2CCOCC2)cnc2ccc(OC)cc12. The summed E-state index contributed by atoms with van der Waals surface area (Å²) in [4.78, 5) is 6.98. The second-order valence-electron chi connectivity index (χ2n) is 5.21. The van der Waals surface area contributed by atoms with Gasteiger partial charge < -0.3 is 14.4 Å². The van der Waals surface area contributed by atoms with Gasteiger partial charge in [-0.1, -0.05) is 6.92 Å². The van der Waals surface area contributed by atoms with E-state index < -0.39 is 0 Å². The molecule has 0 atom stereocenters. The zero-order valence-corrected chi connectivity index (χ0v) is 12.5. The van der Waals surface area contributed by atoms with Gasteiger partial charge in [-0.05, 0) is 36.6 Å². The van der Waals surface area contributed by atoms with Gasteiger partial charge in [0.25, 0.3) is 0 Å². The van der Waals surface area contributed by atoms with Crippen molar-refractivity contribution in [2.75, 3.05) is 38.3 Å². The van der Waals surface area contributed by atoms with E-state index in [0.29, 0.717) is 0 Å². The summed E-state index contributed by atoms with van der Waals surface area (Å²) < 4.78 is 10.8. The van der Waals surface area contributed by atoms with Crippen LogP contribution in [0.4, 0.5) is 5.69 Å². The van der Waals surface area contributed by atoms with Crippen LogP contribution in [0.2, 0.25) is 0 Å². The number of pyridine rings is 1. The van der Waals surface area contributed by atoms with Gasteiger partial charge in [0.1, 0.15) is 5.75 Å². The molecule has 4 nitrogen and oxygen atoms in total. The molecule has 0 amide bonds. The summed E-state index contributed by atoms with van der Waals surface area (Å²) in [6.07, 6.45) is 3.80. The molecule has 2 aromatic rings. The minimum absolute atomic E-state index is 0.778. The van der Waals surface area contributed by atoms with Crippen molar-refractivity contribution in [1.82, 2.24) is 4.98 Å². The van der Waals surface area contributed by atoms with Crippen LogP contribution < -0.4 is 9.64 Å². The van der Waals surface area contributed by atoms with Gasteiger partial charge >= 0.3 is 0 Å². The third-order valence-corrected chi connectivity index (χ3v) is 3.94. The van der Waals surface area contributed by atoms with Gasteiger partial charge in [0, 0.05) is 18.5 Å². The topological polar surface area (TPSA) is 34.6 Å². The Kier molecular flexibility index (Phi) is 4.25. The summed E-state index contributed by atoms with van der Waals surface area (Å²) in [6, 6.07) is 6.05. The van der Waals surface area contributed by atoms with Gasteiger partial charge in [-0.15, -0.1) is 0 Å². The Hall–Kier alpha value is -1.81. The third-order valence-electron chi connectivity index (χ3n) is 3.94. The van der Waals surface area contributed by atoms with E-state index in [1.165, 1.54) is 16.6 Å². The van der Waals surface area contributed by atoms with Crippen LogP contribution in [0, 0.1) is 6.92 Å². The first-order chi connectivity index (χ1) is 10.3. The number of methoxy groups -OCH3 is 1. The van der Waals surface area contributed by atoms with Gasteiger partial charge in [0.2, 0.25) is 0 Å². The standard InChI is InChI=1S/C17H21N2O2/c1-3-4-14-15-11-13(20-2)5-6-16(15)18-12-17(14)19-7-9-21-10-8-19/h5-6,11-12H,1,3-4,7-10H2,2H3. The first-order valence-electron chi connectivity index (χ1n) is 7.41. The van der Waals surface area contributed by atoms with E-state index >= 15 is 0 Å². The van der Waals surface area contributed by atoms with Crippen LogP contribution in [0.5, 0.6) is 5.75 Å². The van der Waals surface area contributed by atoms with Crippen molar-refractivity contribution in [3.05, 3.63) is 36.9 Å². The third kappa shape index (κ3) is 2.81. The molecule has 0 bridgehead atoms. The molecule has 1 fully saturated rings. The molecule has 1 aromatic carbocycles. The molecular weight excluding hydrogens is 264 g/mol. The monoisotopic (exact) mass is 285 g/mol. The van der Waals surface area contributed by atoms with Gasteiger partial charge in [-0.25, -0.2) is 0 Å². The normalized spacial score (nSPS) is 15.4. The summed E-state index contributed by atoms with van der Waals surface area (Å²) in [5, 5.41) is 1.17. The van der Waals surface area contributed by atoms with Crippen molar-refractivity contribution in [3.63, 3.8) is 0 Å². The second kappa shape index (κ2) is 6.31. The Labute approximate surface area is 125 Å². The Morgan fingerprint density at radius 3 is 2.86 bits per heavy atom. The molecule has 4 heteroatoms. The van der Waals surface area contributed by atoms with Crippen LogP contribution in [-0.4, -0.2) is 38.4 Å². The average molecular weight is 285 g/mol. The largest absolute Gasteiger partial charge is 0.497 e. The Balaban J connectivity index is 2.11. The van der Waals surface area contributed by atoms with Crippen molar-refractivity contribution in [1.29, 1.82) is 0 Å². The van der Waals surface area contributed by atoms with E-state index in [-0.39, 0.29) is 0 Å². The quantitative estimate of drug-likeness (QED) is 0.865. The molecule has 1 radical (unpaired) electrons. The molecule has 21 heavy (non-hydrogen) atoms. The van der Waals surface area contributed by atoms with E-state index in [1.54, 1.807) is 7.11 Å². The maximum absolute atomic E-state index is 5.45. The lowest BCUT2D eigenvalue weighted by molar-refractivity contribution is 0.122. The zero-order chi connectivity index (χ0) is 14.7. The molecule has 1 aliphatic heterocycles. The highest BCUT2D eigenvalue weighted by molar-refractivity contribution is 5.88. The first-order valence-corrected chi connectivity index (χ1v) is 7.41. The number of hydrogen-bond donors (Lipinski definition) is 0. The molecule has 0 spiro atoms. The lowest BCUT2D eigenvalue weighted by Crippen LogP contribution is -2.36. The smallest absolute Gasteiger partial charge is 0.119 e. The zero-order valence-electron chi connectivity index (χ0n) is 12.5. The highest BCUT2D eigenvalue weighted by Crippen LogP contribution is 2.31. The molecule has 0 unspecified atom stereocenters. The minimum atomic E-state index is 0.778. The van der Waals surface area contributed by atoms with Crippen molar-refractivity contribution < 1.29 is 9.47 Å². The fraction of sp³-hybridized carbons (Fsp3) is 0.412. The number of morpholine rings is 1. The van der Waals surface area contributed by atoms with Gasteiger partial charge in [0.05, 0.1) is 37.7 Å². The van der Waals surface area contributed by atoms with Crippen molar-refractivity contribution in [2.24, 2.45) is 0 Å². The molecule has 1 saturated heterocycles. The summed E-state index contributed by atoms with van der Waals surface area (Å²) in [6.45, 7) is 7.41. The van der Waals surface area contributed by atoms with Crippen molar-refractivity contribution in [3.8, 4) is 5.75 Å². The lowest BCUT2D eigenvalue weighted by atomic mass is 10.0. The molecule has 111 valence electrons. The van der Waals surface area contributed by atoms with E-state index in [9.17, 15) is 0 Å². The summed E-state index contributed by atoms with van der Waals surface area (Å²) in [7, 11) is 1.70. The van der Waals surface area contributed by atoms with Crippen LogP contribution in [-0.2, 0) is 11.2 Å². The Bertz CT molecular complexity index is 621. The second-order valence-corrected chi connectivity index (χ2v) is 5.21. The molecule has 3 rings (SSSR count). The van der Waals surface area contributed by atoms with Gasteiger partial charge in [-0.3, -0.25) is 4.98 Å². The number of nitrogens with zero attached hydrogens (tertiary/aromatic N) is 2. The Morgan fingerprint density at radius 2 is 2.14 bits per heavy atom. The number of anilines is 1. The predicted octanol–water partition coefficient (Wildman–Crippen LogP) is 2.85. The molecular formula is C17H21N2O2. The average Bonchev–Trinajstić information content (AvgIpc) is 2.55. The number of fused-ring (bicyclic) bond motifs is 1. The highest BCUT2D eigenvalue weighted by Gasteiger charge is 2.17. The van der Waals surface area contributed by atoms with E-state index in [1.807, 2.05) is 18.3 Å². The highest BCUT2D eigenvalue weighted by atomic mass is 16.5. The Morgan fingerprint density at radius 1 is 1.33 bits per heavy atom. The van der Waals surface area contributed by atoms with Crippen molar-refractivity contribution in [2.45, 2.75) is 12.8 Å². The van der Waals surface area contributed by atoms with E-state index in [4.69, 9.17) is 9.47 Å². The summed E-state index contributed by atoms with van der Waals surface area (Å²) in [5.74, 6) is 0.869. The van der Waals surface area contributed by atoms with E-state index in [2.05, 4.69) is 22.9 Å². The molecule has 1 aliphatic rings. The van der Waals surface area contributed by atoms with Crippen molar-refractivity contribution >= 4 is 16.6 Å². The van der Waals surface area contributed by atoms with Crippen LogP contribution in [0.3, 0.4) is 0 Å². The number of benzene rings is 1. The minimum Gasteiger partial charge on any atom is -0.497 e. The molecule has 0 saturated carbocycles. The number of ether oxygens (including phenoxy) is 2. The van der Waals surface area contributed by atoms with Crippen LogP contribution >= 0.6 is 0 Å². The van der Waals surface area contributed by atoms with Crippen LogP contribution in [0.25, 0.3) is 10.9 Å². The van der Waals surface area contributed by atoms with Gasteiger partial charge in [-0.2, -0.15) is 0 Å². The predicted molar refractivity (Wildman–Crippen MR) is 85.0 cm³/mol. The molecule has 1 aromatic heterocycles. The van der Waals surface area contributed by atoms with Crippen LogP contribution in [0.1, 0.15) is 12.0 Å². The van der Waals surface area contributed by atoms with E-state index in [0.717, 1.165) is 50.4 Å². The lowest BCUT2D eigenvalue weighted by Gasteiger charge is -2.30. The maximum Gasteiger partial charge on any atom is 0.119 e. The molecule has 2 heterocycles. The number of aryl methyl sites for hydroxylation is 1. The summed E-state index contributed by atoms with van der Waals surface area (Å²) in [5.41, 5.74) is 3.54. The number of hydrogen-bond acceptors (Lipinski definition) is 4. The molecule has 0 N–H and O–H groups in total. The fourth-order valence-electron chi connectivity index (χ4n) is 2.86. The summed E-state index contributed by atoms with van der Waals surface area (Å²) >= 11 is 0. The van der Waals surface area contributed by atoms with Gasteiger partial charge in [0.15, 0.2) is 0 Å². The van der Waals surface area contributed by atoms with Crippen LogP contribution in [0.15, 0.2) is 24.4 Å². The first kappa shape index (κ1) is 14.1. The maximum atomic E-state index is 5.45. The fourth-order valence-corrected chi connectivity index (χ4v) is 2.86. The number of rotatable bonds is 4. The number of aromatic nitrogens is 1.